The minimum absolute atomic E-state index is 0.00786. The Morgan fingerprint density at radius 2 is 0.813 bits per heavy atom. The van der Waals surface area contributed by atoms with E-state index in [2.05, 4.69) is 104 Å². The molecule has 0 saturated heterocycles. The number of amides is 1. The van der Waals surface area contributed by atoms with E-state index >= 15 is 0 Å². The molecule has 0 aliphatic carbocycles. The third-order valence-corrected chi connectivity index (χ3v) is 14.5. The van der Waals surface area contributed by atoms with Gasteiger partial charge in [0.25, 0.3) is 7.82 Å². The van der Waals surface area contributed by atoms with Crippen molar-refractivity contribution in [1.82, 2.24) is 5.32 Å². The number of hydrogen-bond donors (Lipinski definition) is 2. The summed E-state index contributed by atoms with van der Waals surface area (Å²) in [5.41, 5.74) is 0. The second-order valence-corrected chi connectivity index (χ2v) is 23.4. The molecule has 0 aliphatic heterocycles. The molecular weight excluding hydrogens is 948 g/mol. The highest BCUT2D eigenvalue weighted by atomic mass is 31.2. The molecule has 0 aromatic rings. The van der Waals surface area contributed by atoms with Gasteiger partial charge in [0.2, 0.25) is 5.91 Å². The SMILES string of the molecule is CC/C=C\C/C=C\C/C=C\C/C=C\C/C=C\C/C=C\C/C=C\CCCCCCCCCC(=O)NC(COP(=O)([O-])OCC[N+](C)(C)C)C(O)/C=C/CCCCCCCCCCCCCCCCCCCCCCCC. The summed E-state index contributed by atoms with van der Waals surface area (Å²) >= 11 is 0. The van der Waals surface area contributed by atoms with Crippen LogP contribution in [0.15, 0.2) is 97.2 Å². The number of carbonyl (C=O) groups excluding carboxylic acids is 1. The molecule has 434 valence electrons. The molecule has 0 fully saturated rings. The number of carbonyl (C=O) groups is 1. The van der Waals surface area contributed by atoms with Gasteiger partial charge in [-0.15, -0.1) is 0 Å². The molecule has 0 bridgehead atoms. The van der Waals surface area contributed by atoms with Crippen LogP contribution in [-0.4, -0.2) is 68.5 Å². The first-order valence-electron chi connectivity index (χ1n) is 31.1. The highest BCUT2D eigenvalue weighted by molar-refractivity contribution is 7.45. The van der Waals surface area contributed by atoms with E-state index in [1.54, 1.807) is 6.08 Å². The van der Waals surface area contributed by atoms with Gasteiger partial charge in [-0.3, -0.25) is 9.36 Å². The summed E-state index contributed by atoms with van der Waals surface area (Å²) in [5.74, 6) is -0.210. The minimum atomic E-state index is -4.61. The fourth-order valence-electron chi connectivity index (χ4n) is 8.72. The fourth-order valence-corrected chi connectivity index (χ4v) is 9.45. The highest BCUT2D eigenvalue weighted by Gasteiger charge is 2.23. The third-order valence-electron chi connectivity index (χ3n) is 13.5. The van der Waals surface area contributed by atoms with Gasteiger partial charge in [-0.25, -0.2) is 0 Å². The number of likely N-dealkylation sites (N-methyl/N-ethyl adjacent to an activating group) is 1. The zero-order valence-corrected chi connectivity index (χ0v) is 50.4. The molecule has 0 heterocycles. The number of aliphatic hydroxyl groups is 1. The molecule has 2 N–H and O–H groups in total. The Morgan fingerprint density at radius 3 is 1.19 bits per heavy atom. The van der Waals surface area contributed by atoms with Crippen molar-refractivity contribution in [2.75, 3.05) is 40.9 Å². The summed E-state index contributed by atoms with van der Waals surface area (Å²) in [5, 5.41) is 13.9. The number of quaternary nitrogens is 1. The molecule has 0 saturated carbocycles. The highest BCUT2D eigenvalue weighted by Crippen LogP contribution is 2.38. The second kappa shape index (κ2) is 56.2. The number of allylic oxidation sites excluding steroid dienone is 15. The Morgan fingerprint density at radius 1 is 0.480 bits per heavy atom. The quantitative estimate of drug-likeness (QED) is 0.0272. The van der Waals surface area contributed by atoms with E-state index in [1.165, 1.54) is 148 Å². The van der Waals surface area contributed by atoms with Gasteiger partial charge in [-0.05, 0) is 77.0 Å². The maximum absolute atomic E-state index is 13.0. The predicted molar refractivity (Wildman–Crippen MR) is 325 cm³/mol. The Labute approximate surface area is 464 Å². The summed E-state index contributed by atoms with van der Waals surface area (Å²) in [4.78, 5) is 25.6. The predicted octanol–water partition coefficient (Wildman–Crippen LogP) is 18.7. The number of nitrogens with one attached hydrogen (secondary N) is 1. The summed E-state index contributed by atoms with van der Waals surface area (Å²) in [6, 6.07) is -0.901. The number of phosphoric ester groups is 1. The molecule has 0 rings (SSSR count). The fraction of sp³-hybridized carbons (Fsp3) is 0.742. The van der Waals surface area contributed by atoms with Gasteiger partial charge in [0, 0.05) is 6.42 Å². The van der Waals surface area contributed by atoms with Crippen molar-refractivity contribution in [3.8, 4) is 0 Å². The first kappa shape index (κ1) is 72.4. The summed E-state index contributed by atoms with van der Waals surface area (Å²) in [7, 11) is 1.24. The maximum atomic E-state index is 13.0. The van der Waals surface area contributed by atoms with Crippen molar-refractivity contribution in [3.05, 3.63) is 97.2 Å². The molecule has 75 heavy (non-hydrogen) atoms. The Kier molecular flexibility index (Phi) is 54.2. The number of hydrogen-bond acceptors (Lipinski definition) is 6. The van der Waals surface area contributed by atoms with Crippen LogP contribution in [0.5, 0.6) is 0 Å². The molecule has 9 heteroatoms. The lowest BCUT2D eigenvalue weighted by Gasteiger charge is -2.29. The molecule has 0 radical (unpaired) electrons. The molecule has 0 spiro atoms. The van der Waals surface area contributed by atoms with Crippen molar-refractivity contribution in [3.63, 3.8) is 0 Å². The molecule has 0 aliphatic rings. The summed E-state index contributed by atoms with van der Waals surface area (Å²) in [6.45, 7) is 4.54. The number of aliphatic hydroxyl groups excluding tert-OH is 1. The smallest absolute Gasteiger partial charge is 0.268 e. The van der Waals surface area contributed by atoms with Crippen LogP contribution >= 0.6 is 7.82 Å². The third kappa shape index (κ3) is 58.9. The number of nitrogens with zero attached hydrogens (tertiary/aromatic N) is 1. The lowest BCUT2D eigenvalue weighted by atomic mass is 10.0. The van der Waals surface area contributed by atoms with Gasteiger partial charge in [0.1, 0.15) is 13.2 Å². The van der Waals surface area contributed by atoms with E-state index < -0.39 is 20.0 Å². The van der Waals surface area contributed by atoms with Crippen LogP contribution in [0, 0.1) is 0 Å². The van der Waals surface area contributed by atoms with Gasteiger partial charge in [-0.2, -0.15) is 0 Å². The monoisotopic (exact) mass is 1070 g/mol. The van der Waals surface area contributed by atoms with Gasteiger partial charge >= 0.3 is 0 Å². The molecule has 8 nitrogen and oxygen atoms in total. The Bertz CT molecular complexity index is 1540. The topological polar surface area (TPSA) is 108 Å². The van der Waals surface area contributed by atoms with Crippen LogP contribution in [0.25, 0.3) is 0 Å². The zero-order valence-electron chi connectivity index (χ0n) is 49.5. The van der Waals surface area contributed by atoms with Crippen molar-refractivity contribution in [1.29, 1.82) is 0 Å². The standard InChI is InChI=1S/C66H119N2O6P/c1-6-8-10-12-14-16-18-20-22-24-26-28-30-32-33-34-35-36-38-40-42-44-46-48-50-52-54-56-58-60-66(70)67-64(63-74-75(71,72)73-62-61-68(3,4)5)65(69)59-57-55-53-51-49-47-45-43-41-39-37-31-29-27-25-23-21-19-17-15-13-11-9-7-2/h8,10,14,16,20,22,26,28,32-33,35-36,40,42,57,59,64-65,69H,6-7,9,11-13,15,17-19,21,23-25,27,29-31,34,37-39,41,43-56,58,60-63H2,1-5H3,(H-,67,70,71,72)/b10-8-,16-14-,22-20-,28-26-,33-32-,36-35-,42-40-,59-57+. The Balaban J connectivity index is 4.23. The van der Waals surface area contributed by atoms with Gasteiger partial charge < -0.3 is 28.8 Å². The summed E-state index contributed by atoms with van der Waals surface area (Å²) in [6.07, 6.45) is 80.6. The lowest BCUT2D eigenvalue weighted by molar-refractivity contribution is -0.870. The average Bonchev–Trinajstić information content (AvgIpc) is 3.37. The van der Waals surface area contributed by atoms with Crippen molar-refractivity contribution < 1.29 is 32.9 Å². The number of unbranched alkanes of at least 4 members (excludes halogenated alkanes) is 29. The van der Waals surface area contributed by atoms with Crippen molar-refractivity contribution in [2.24, 2.45) is 0 Å². The van der Waals surface area contributed by atoms with Gasteiger partial charge in [-0.1, -0.05) is 278 Å². The number of phosphoric acid groups is 1. The first-order valence-corrected chi connectivity index (χ1v) is 32.6. The zero-order chi connectivity index (χ0) is 54.9. The van der Waals surface area contributed by atoms with E-state index in [0.717, 1.165) is 96.3 Å². The average molecular weight is 1070 g/mol. The molecule has 1 amide bonds. The largest absolute Gasteiger partial charge is 0.756 e. The lowest BCUT2D eigenvalue weighted by Crippen LogP contribution is -2.45. The van der Waals surface area contributed by atoms with Crippen LogP contribution in [-0.2, 0) is 18.4 Å². The van der Waals surface area contributed by atoms with Gasteiger partial charge in [0.15, 0.2) is 0 Å². The molecule has 0 aromatic carbocycles. The first-order chi connectivity index (χ1) is 36.5. The van der Waals surface area contributed by atoms with Crippen LogP contribution < -0.4 is 10.2 Å². The Hall–Kier alpha value is -2.58. The molecule has 0 aromatic heterocycles. The maximum Gasteiger partial charge on any atom is 0.268 e. The van der Waals surface area contributed by atoms with E-state index in [4.69, 9.17) is 9.05 Å². The van der Waals surface area contributed by atoms with Crippen LogP contribution in [0.1, 0.15) is 264 Å². The molecule has 3 atom stereocenters. The van der Waals surface area contributed by atoms with Crippen molar-refractivity contribution in [2.45, 2.75) is 276 Å². The van der Waals surface area contributed by atoms with E-state index in [0.29, 0.717) is 17.4 Å². The van der Waals surface area contributed by atoms with Crippen molar-refractivity contribution >= 4 is 13.7 Å². The minimum Gasteiger partial charge on any atom is -0.756 e. The second-order valence-electron chi connectivity index (χ2n) is 22.0. The van der Waals surface area contributed by atoms with Crippen LogP contribution in [0.2, 0.25) is 0 Å². The van der Waals surface area contributed by atoms with E-state index in [9.17, 15) is 19.4 Å². The van der Waals surface area contributed by atoms with E-state index in [1.807, 2.05) is 27.2 Å². The van der Waals surface area contributed by atoms with Crippen LogP contribution in [0.3, 0.4) is 0 Å². The number of rotatable bonds is 56. The van der Waals surface area contributed by atoms with Gasteiger partial charge in [0.05, 0.1) is 39.9 Å². The van der Waals surface area contributed by atoms with E-state index in [-0.39, 0.29) is 19.1 Å². The normalized spacial score (nSPS) is 14.5. The summed E-state index contributed by atoms with van der Waals surface area (Å²) < 4.78 is 23.4. The van der Waals surface area contributed by atoms with Crippen LogP contribution in [0.4, 0.5) is 0 Å². The molecular formula is C66H119N2O6P. The molecule has 3 unspecified atom stereocenters.